The van der Waals surface area contributed by atoms with E-state index in [9.17, 15) is 9.59 Å². The lowest BCUT2D eigenvalue weighted by Crippen LogP contribution is -2.51. The molecule has 0 spiro atoms. The van der Waals surface area contributed by atoms with E-state index >= 15 is 0 Å². The van der Waals surface area contributed by atoms with Crippen LogP contribution in [0, 0.1) is 46.3 Å². The van der Waals surface area contributed by atoms with Gasteiger partial charge in [0, 0.05) is 12.3 Å². The van der Waals surface area contributed by atoms with Crippen LogP contribution in [0.15, 0.2) is 23.3 Å². The summed E-state index contributed by atoms with van der Waals surface area (Å²) in [5.74, 6) is 4.65. The Labute approximate surface area is 175 Å². The molecule has 4 fully saturated rings. The number of allylic oxidation sites excluding steroid dienone is 3. The molecule has 0 radical (unpaired) electrons. The molecule has 0 bridgehead atoms. The van der Waals surface area contributed by atoms with E-state index in [0.29, 0.717) is 29.3 Å². The van der Waals surface area contributed by atoms with E-state index in [1.54, 1.807) is 0 Å². The van der Waals surface area contributed by atoms with Crippen LogP contribution in [0.3, 0.4) is 0 Å². The standard InChI is InChI=1S/C27H36O2/c1-26-11-9-18(28)14-17(26)7-8-20-22(26)10-12-27(2)23(20)15-21-19-6-4-3-5-16(19)13-24(29)25(21)27/h13-14,19-23,25H,3-12,15H2,1-2H3/t19-,20-,21-,22+,23+,25-,26+,27+/m1/s1. The largest absolute Gasteiger partial charge is 0.295 e. The van der Waals surface area contributed by atoms with E-state index < -0.39 is 0 Å². The van der Waals surface area contributed by atoms with Gasteiger partial charge in [0.1, 0.15) is 0 Å². The van der Waals surface area contributed by atoms with E-state index in [2.05, 4.69) is 19.9 Å². The summed E-state index contributed by atoms with van der Waals surface area (Å²) in [5, 5.41) is 0. The lowest BCUT2D eigenvalue weighted by Gasteiger charge is -2.58. The third kappa shape index (κ3) is 2.41. The van der Waals surface area contributed by atoms with Crippen LogP contribution in [0.2, 0.25) is 0 Å². The Bertz CT molecular complexity index is 833. The molecule has 6 rings (SSSR count). The van der Waals surface area contributed by atoms with Crippen molar-refractivity contribution >= 4 is 11.6 Å². The van der Waals surface area contributed by atoms with E-state index in [1.807, 2.05) is 6.08 Å². The minimum absolute atomic E-state index is 0.213. The van der Waals surface area contributed by atoms with Gasteiger partial charge in [-0.1, -0.05) is 31.4 Å². The average Bonchev–Trinajstić information content (AvgIpc) is 3.03. The first-order valence-corrected chi connectivity index (χ1v) is 12.4. The Morgan fingerprint density at radius 3 is 2.59 bits per heavy atom. The molecule has 0 amide bonds. The Morgan fingerprint density at radius 2 is 1.72 bits per heavy atom. The summed E-state index contributed by atoms with van der Waals surface area (Å²) >= 11 is 0. The van der Waals surface area contributed by atoms with E-state index in [4.69, 9.17) is 0 Å². The van der Waals surface area contributed by atoms with Crippen LogP contribution in [-0.2, 0) is 9.59 Å². The molecule has 0 aromatic rings. The Kier molecular flexibility index (Phi) is 3.95. The fourth-order valence-electron chi connectivity index (χ4n) is 9.59. The van der Waals surface area contributed by atoms with Crippen LogP contribution in [0.4, 0.5) is 0 Å². The van der Waals surface area contributed by atoms with Crippen molar-refractivity contribution in [2.75, 3.05) is 0 Å². The molecule has 2 nitrogen and oxygen atoms in total. The fourth-order valence-corrected chi connectivity index (χ4v) is 9.59. The summed E-state index contributed by atoms with van der Waals surface area (Å²) in [6, 6.07) is 0. The van der Waals surface area contributed by atoms with Crippen LogP contribution in [0.25, 0.3) is 0 Å². The molecule has 0 aromatic heterocycles. The molecule has 6 aliphatic carbocycles. The van der Waals surface area contributed by atoms with E-state index in [1.165, 1.54) is 62.5 Å². The highest BCUT2D eigenvalue weighted by molar-refractivity contribution is 5.95. The van der Waals surface area contributed by atoms with Gasteiger partial charge in [0.05, 0.1) is 0 Å². The zero-order valence-electron chi connectivity index (χ0n) is 18.2. The van der Waals surface area contributed by atoms with Crippen LogP contribution < -0.4 is 0 Å². The molecule has 8 atom stereocenters. The van der Waals surface area contributed by atoms with Crippen molar-refractivity contribution in [1.29, 1.82) is 0 Å². The molecule has 156 valence electrons. The summed E-state index contributed by atoms with van der Waals surface area (Å²) in [7, 11) is 0. The number of carbonyl (C=O) groups excluding carboxylic acids is 2. The molecular weight excluding hydrogens is 356 g/mol. The summed E-state index contributed by atoms with van der Waals surface area (Å²) in [4.78, 5) is 25.4. The van der Waals surface area contributed by atoms with E-state index in [-0.39, 0.29) is 16.7 Å². The summed E-state index contributed by atoms with van der Waals surface area (Å²) in [6.45, 7) is 4.97. The highest BCUT2D eigenvalue weighted by Gasteiger charge is 2.64. The van der Waals surface area contributed by atoms with Crippen molar-refractivity contribution in [1.82, 2.24) is 0 Å². The highest BCUT2D eigenvalue weighted by Crippen LogP contribution is 2.70. The van der Waals surface area contributed by atoms with Gasteiger partial charge in [-0.3, -0.25) is 9.59 Å². The first-order chi connectivity index (χ1) is 13.9. The smallest absolute Gasteiger partial charge is 0.159 e. The van der Waals surface area contributed by atoms with Crippen molar-refractivity contribution in [3.05, 3.63) is 23.3 Å². The fraction of sp³-hybridized carbons (Fsp3) is 0.778. The van der Waals surface area contributed by atoms with Gasteiger partial charge in [-0.15, -0.1) is 0 Å². The maximum atomic E-state index is 13.4. The maximum Gasteiger partial charge on any atom is 0.159 e. The predicted molar refractivity (Wildman–Crippen MR) is 114 cm³/mol. The SMILES string of the molecule is C[C@]12CC[C@H]3[C@@H](CCC4=CC(=O)CC[C@@]43C)[C@@H]1C[C@@H]1[C@@H]3CCCCC3=CC(=O)[C@@H]12. The van der Waals surface area contributed by atoms with Gasteiger partial charge in [0.25, 0.3) is 0 Å². The summed E-state index contributed by atoms with van der Waals surface area (Å²) in [6.07, 6.45) is 17.2. The zero-order valence-corrected chi connectivity index (χ0v) is 18.2. The third-order valence-corrected chi connectivity index (χ3v) is 10.9. The molecule has 4 saturated carbocycles. The summed E-state index contributed by atoms with van der Waals surface area (Å²) in [5.41, 5.74) is 3.42. The lowest BCUT2D eigenvalue weighted by molar-refractivity contribution is -0.129. The van der Waals surface area contributed by atoms with Crippen LogP contribution in [0.1, 0.15) is 84.5 Å². The average molecular weight is 393 g/mol. The predicted octanol–water partition coefficient (Wildman–Crippen LogP) is 6.06. The first-order valence-electron chi connectivity index (χ1n) is 12.4. The number of fused-ring (bicyclic) bond motifs is 9. The van der Waals surface area contributed by atoms with Gasteiger partial charge >= 0.3 is 0 Å². The molecular formula is C27H36O2. The number of hydrogen-bond acceptors (Lipinski definition) is 2. The van der Waals surface area contributed by atoms with Crippen molar-refractivity contribution < 1.29 is 9.59 Å². The van der Waals surface area contributed by atoms with Crippen molar-refractivity contribution in [3.8, 4) is 0 Å². The zero-order chi connectivity index (χ0) is 20.0. The Hall–Kier alpha value is -1.18. The van der Waals surface area contributed by atoms with Gasteiger partial charge < -0.3 is 0 Å². The van der Waals surface area contributed by atoms with Crippen molar-refractivity contribution in [2.45, 2.75) is 84.5 Å². The van der Waals surface area contributed by atoms with Crippen molar-refractivity contribution in [2.24, 2.45) is 46.3 Å². The first kappa shape index (κ1) is 18.6. The molecule has 29 heavy (non-hydrogen) atoms. The van der Waals surface area contributed by atoms with Crippen molar-refractivity contribution in [3.63, 3.8) is 0 Å². The molecule has 0 saturated heterocycles. The molecule has 0 aromatic carbocycles. The van der Waals surface area contributed by atoms with Crippen LogP contribution in [0.5, 0.6) is 0 Å². The minimum Gasteiger partial charge on any atom is -0.295 e. The van der Waals surface area contributed by atoms with Gasteiger partial charge in [-0.25, -0.2) is 0 Å². The second-order valence-electron chi connectivity index (χ2n) is 11.9. The van der Waals surface area contributed by atoms with Gasteiger partial charge in [0.15, 0.2) is 11.6 Å². The normalized spacial score (nSPS) is 51.1. The second-order valence-corrected chi connectivity index (χ2v) is 11.9. The molecule has 6 aliphatic rings. The number of carbonyl (C=O) groups is 2. The third-order valence-electron chi connectivity index (χ3n) is 10.9. The molecule has 0 aliphatic heterocycles. The van der Waals surface area contributed by atoms with E-state index in [0.717, 1.165) is 31.1 Å². The topological polar surface area (TPSA) is 34.1 Å². The summed E-state index contributed by atoms with van der Waals surface area (Å²) < 4.78 is 0. The van der Waals surface area contributed by atoms with Gasteiger partial charge in [0.2, 0.25) is 0 Å². The molecule has 0 unspecified atom stereocenters. The van der Waals surface area contributed by atoms with Crippen LogP contribution in [-0.4, -0.2) is 11.6 Å². The maximum absolute atomic E-state index is 13.4. The highest BCUT2D eigenvalue weighted by atomic mass is 16.1. The number of ketones is 2. The van der Waals surface area contributed by atoms with Gasteiger partial charge in [-0.05, 0) is 110 Å². The minimum atomic E-state index is 0.213. The quantitative estimate of drug-likeness (QED) is 0.502. The Morgan fingerprint density at radius 1 is 0.862 bits per heavy atom. The molecule has 0 heterocycles. The monoisotopic (exact) mass is 392 g/mol. The van der Waals surface area contributed by atoms with Crippen LogP contribution >= 0.6 is 0 Å². The lowest BCUT2D eigenvalue weighted by atomic mass is 9.46. The Balaban J connectivity index is 1.36. The molecule has 0 N–H and O–H groups in total. The number of rotatable bonds is 0. The van der Waals surface area contributed by atoms with Gasteiger partial charge in [-0.2, -0.15) is 0 Å². The number of hydrogen-bond donors (Lipinski definition) is 0. The molecule has 2 heteroatoms. The second kappa shape index (κ2) is 6.17.